The summed E-state index contributed by atoms with van der Waals surface area (Å²) in [5, 5.41) is 23.6. The summed E-state index contributed by atoms with van der Waals surface area (Å²) in [6.07, 6.45) is 1.98. The highest BCUT2D eigenvalue weighted by Crippen LogP contribution is 2.16. The van der Waals surface area contributed by atoms with Crippen LogP contribution in [0.25, 0.3) is 0 Å². The minimum Gasteiger partial charge on any atom is -0.448 e. The summed E-state index contributed by atoms with van der Waals surface area (Å²) in [6.45, 7) is 5.60. The van der Waals surface area contributed by atoms with Gasteiger partial charge < -0.3 is 39.6 Å². The quantitative estimate of drug-likeness (QED) is 0.136. The van der Waals surface area contributed by atoms with Gasteiger partial charge in [-0.25, -0.2) is 14.6 Å². The van der Waals surface area contributed by atoms with Crippen LogP contribution in [-0.4, -0.2) is 69.5 Å². The molecular weight excluding hydrogens is 616 g/mol. The Bertz CT molecular complexity index is 1560. The Hall–Kier alpha value is -5.17. The number of nitrogens with one attached hydrogen (secondary N) is 3. The lowest BCUT2D eigenvalue weighted by Gasteiger charge is -2.29. The van der Waals surface area contributed by atoms with Crippen molar-refractivity contribution in [2.75, 3.05) is 7.05 Å². The number of hydrogen-bond donors (Lipinski definition) is 4. The Morgan fingerprint density at radius 3 is 2.19 bits per heavy atom. The third-order valence-corrected chi connectivity index (χ3v) is 7.64. The number of ether oxygens (including phenoxy) is 1. The zero-order valence-electron chi connectivity index (χ0n) is 27.7. The van der Waals surface area contributed by atoms with Gasteiger partial charge in [-0.1, -0.05) is 79.7 Å². The molecule has 13 heteroatoms. The lowest BCUT2D eigenvalue weighted by molar-refractivity contribution is -0.123. The zero-order chi connectivity index (χ0) is 34.5. The number of alkyl carbamates (subject to hydrolysis) is 1. The summed E-state index contributed by atoms with van der Waals surface area (Å²) in [4.78, 5) is 44.9. The predicted molar refractivity (Wildman–Crippen MR) is 177 cm³/mol. The molecule has 0 saturated heterocycles. The Morgan fingerprint density at radius 1 is 0.917 bits per heavy atom. The number of carbonyl (C=O) groups is 3. The first-order valence-corrected chi connectivity index (χ1v) is 15.9. The third-order valence-electron chi connectivity index (χ3n) is 7.64. The first kappa shape index (κ1) is 35.7. The molecule has 0 aliphatic rings. The molecule has 0 bridgehead atoms. The van der Waals surface area contributed by atoms with Gasteiger partial charge in [0.2, 0.25) is 5.91 Å². The van der Waals surface area contributed by atoms with Gasteiger partial charge >= 0.3 is 12.1 Å². The molecule has 2 heterocycles. The number of oxazole rings is 1. The van der Waals surface area contributed by atoms with E-state index in [9.17, 15) is 19.5 Å². The minimum absolute atomic E-state index is 0.103. The molecule has 0 spiro atoms. The van der Waals surface area contributed by atoms with Crippen molar-refractivity contribution in [2.24, 2.45) is 0 Å². The molecule has 0 fully saturated rings. The summed E-state index contributed by atoms with van der Waals surface area (Å²) in [5.74, 6) is 0.657. The minimum atomic E-state index is -1.08. The van der Waals surface area contributed by atoms with Crippen LogP contribution in [0.2, 0.25) is 0 Å². The molecule has 0 unspecified atom stereocenters. The van der Waals surface area contributed by atoms with E-state index in [1.807, 2.05) is 74.5 Å². The number of urea groups is 1. The highest BCUT2D eigenvalue weighted by molar-refractivity contribution is 5.86. The zero-order valence-corrected chi connectivity index (χ0v) is 27.7. The van der Waals surface area contributed by atoms with Gasteiger partial charge in [-0.2, -0.15) is 0 Å². The molecule has 4 N–H and O–H groups in total. The second kappa shape index (κ2) is 17.7. The summed E-state index contributed by atoms with van der Waals surface area (Å²) in [6, 6.07) is 17.9. The van der Waals surface area contributed by atoms with Gasteiger partial charge in [0.1, 0.15) is 12.3 Å². The number of rotatable bonds is 16. The van der Waals surface area contributed by atoms with E-state index in [-0.39, 0.29) is 25.5 Å². The predicted octanol–water partition coefficient (Wildman–Crippen LogP) is 4.33. The van der Waals surface area contributed by atoms with Crippen molar-refractivity contribution in [1.82, 2.24) is 31.0 Å². The molecule has 0 aliphatic carbocycles. The van der Waals surface area contributed by atoms with Crippen LogP contribution in [0.5, 0.6) is 0 Å². The van der Waals surface area contributed by atoms with Crippen molar-refractivity contribution in [3.63, 3.8) is 0 Å². The van der Waals surface area contributed by atoms with Crippen molar-refractivity contribution in [2.45, 2.75) is 83.3 Å². The van der Waals surface area contributed by atoms with E-state index in [0.29, 0.717) is 30.2 Å². The third kappa shape index (κ3) is 11.3. The highest BCUT2D eigenvalue weighted by Gasteiger charge is 2.28. The van der Waals surface area contributed by atoms with E-state index in [1.54, 1.807) is 20.0 Å². The topological polar surface area (TPSA) is 172 Å². The SMILES string of the molecule is CC(C)c1nc(CN(C)C(=O)N[C@@H](C)C(=O)N[C@@H](Cc2ccccc2)C[C@H](O)[C@H](Cc2ccccc2)NC(=O)OCc2ccno2)co1. The van der Waals surface area contributed by atoms with Crippen molar-refractivity contribution in [3.05, 3.63) is 108 Å². The molecule has 4 atom stereocenters. The smallest absolute Gasteiger partial charge is 0.407 e. The Kier molecular flexibility index (Phi) is 13.1. The normalized spacial score (nSPS) is 13.6. The molecule has 0 radical (unpaired) electrons. The average molecular weight is 661 g/mol. The molecule has 256 valence electrons. The van der Waals surface area contributed by atoms with Crippen molar-refractivity contribution < 1.29 is 33.2 Å². The molecule has 4 aromatic rings. The maximum Gasteiger partial charge on any atom is 0.407 e. The van der Waals surface area contributed by atoms with Crippen LogP contribution in [0.1, 0.15) is 61.6 Å². The number of aliphatic hydroxyl groups is 1. The number of hydrogen-bond acceptors (Lipinski definition) is 9. The summed E-state index contributed by atoms with van der Waals surface area (Å²) in [7, 11) is 1.61. The van der Waals surface area contributed by atoms with Crippen LogP contribution < -0.4 is 16.0 Å². The van der Waals surface area contributed by atoms with E-state index in [1.165, 1.54) is 17.4 Å². The Morgan fingerprint density at radius 2 is 1.58 bits per heavy atom. The van der Waals surface area contributed by atoms with Crippen molar-refractivity contribution in [3.8, 4) is 0 Å². The van der Waals surface area contributed by atoms with Gasteiger partial charge in [0.25, 0.3) is 0 Å². The number of nitrogens with zero attached hydrogens (tertiary/aromatic N) is 3. The number of aliphatic hydroxyl groups excluding tert-OH is 1. The Balaban J connectivity index is 1.41. The molecule has 13 nitrogen and oxygen atoms in total. The van der Waals surface area contributed by atoms with Crippen LogP contribution in [0.15, 0.2) is 88.1 Å². The number of amides is 4. The highest BCUT2D eigenvalue weighted by atomic mass is 16.6. The second-order valence-corrected chi connectivity index (χ2v) is 12.1. The number of benzene rings is 2. The fraction of sp³-hybridized carbons (Fsp3) is 0.400. The molecular formula is C35H44N6O7. The summed E-state index contributed by atoms with van der Waals surface area (Å²) in [5.41, 5.74) is 2.44. The van der Waals surface area contributed by atoms with Crippen LogP contribution >= 0.6 is 0 Å². The lowest BCUT2D eigenvalue weighted by Crippen LogP contribution is -2.53. The van der Waals surface area contributed by atoms with Gasteiger partial charge in [0, 0.05) is 25.1 Å². The molecule has 48 heavy (non-hydrogen) atoms. The molecule has 2 aromatic carbocycles. The van der Waals surface area contributed by atoms with Gasteiger partial charge in [0.05, 0.1) is 30.6 Å². The maximum atomic E-state index is 13.4. The number of carbonyl (C=O) groups excluding carboxylic acids is 3. The standard InChI is InChI=1S/C35H44N6O7/c1-23(2)33-39-28(21-46-33)20-41(4)34(44)37-24(3)32(43)38-27(17-25-11-7-5-8-12-25)19-31(42)30(18-26-13-9-6-10-14-26)40-35(45)47-22-29-15-16-36-48-29/h5-16,21,23-24,27,30-31,42H,17-20,22H2,1-4H3,(H,37,44)(H,38,43)(H,40,45)/t24-,27-,30-,31-/m0/s1. The van der Waals surface area contributed by atoms with Crippen LogP contribution in [0.4, 0.5) is 9.59 Å². The largest absolute Gasteiger partial charge is 0.448 e. The van der Waals surface area contributed by atoms with Crippen LogP contribution in [-0.2, 0) is 35.5 Å². The van der Waals surface area contributed by atoms with E-state index in [2.05, 4.69) is 26.1 Å². The van der Waals surface area contributed by atoms with Gasteiger partial charge in [-0.3, -0.25) is 4.79 Å². The first-order valence-electron chi connectivity index (χ1n) is 15.9. The molecule has 4 rings (SSSR count). The molecule has 2 aromatic heterocycles. The second-order valence-electron chi connectivity index (χ2n) is 12.1. The average Bonchev–Trinajstić information content (AvgIpc) is 3.77. The Labute approximate surface area is 280 Å². The van der Waals surface area contributed by atoms with Crippen LogP contribution in [0, 0.1) is 0 Å². The van der Waals surface area contributed by atoms with Gasteiger partial charge in [-0.15, -0.1) is 0 Å². The molecule has 0 aliphatic heterocycles. The number of aromatic nitrogens is 2. The van der Waals surface area contributed by atoms with Crippen molar-refractivity contribution in [1.29, 1.82) is 0 Å². The van der Waals surface area contributed by atoms with Crippen LogP contribution in [0.3, 0.4) is 0 Å². The first-order chi connectivity index (χ1) is 23.1. The molecule has 0 saturated carbocycles. The van der Waals surface area contributed by atoms with E-state index in [0.717, 1.165) is 11.1 Å². The van der Waals surface area contributed by atoms with Crippen molar-refractivity contribution >= 4 is 18.0 Å². The van der Waals surface area contributed by atoms with E-state index < -0.39 is 42.3 Å². The molecule has 4 amide bonds. The monoisotopic (exact) mass is 660 g/mol. The van der Waals surface area contributed by atoms with Gasteiger partial charge in [0.15, 0.2) is 18.3 Å². The fourth-order valence-electron chi connectivity index (χ4n) is 5.01. The summed E-state index contributed by atoms with van der Waals surface area (Å²) < 4.78 is 15.7. The van der Waals surface area contributed by atoms with E-state index >= 15 is 0 Å². The van der Waals surface area contributed by atoms with Gasteiger partial charge in [-0.05, 0) is 37.3 Å². The fourth-order valence-corrected chi connectivity index (χ4v) is 5.01. The maximum absolute atomic E-state index is 13.4. The van der Waals surface area contributed by atoms with E-state index in [4.69, 9.17) is 13.7 Å². The lowest BCUT2D eigenvalue weighted by atomic mass is 9.93. The summed E-state index contributed by atoms with van der Waals surface area (Å²) >= 11 is 0.